The zero-order valence-corrected chi connectivity index (χ0v) is 15.7. The molecule has 2 aromatic rings. The van der Waals surface area contributed by atoms with Crippen LogP contribution in [0.25, 0.3) is 0 Å². The minimum Gasteiger partial charge on any atom is -0.454 e. The molecular formula is C17H17ClN2O3S2. The SMILES string of the molecule is NS(=O)(=O)c1cc(C(=S)Cl)cc(N2CCCC2)c1Oc1ccccc1. The van der Waals surface area contributed by atoms with Crippen LogP contribution in [0, 0.1) is 0 Å². The number of primary sulfonamides is 1. The summed E-state index contributed by atoms with van der Waals surface area (Å²) in [7, 11) is -4.03. The number of hydrogen-bond donors (Lipinski definition) is 1. The summed E-state index contributed by atoms with van der Waals surface area (Å²) in [6, 6.07) is 12.1. The fourth-order valence-corrected chi connectivity index (χ4v) is 3.74. The average Bonchev–Trinajstić information content (AvgIpc) is 3.09. The molecule has 1 aliphatic heterocycles. The molecule has 8 heteroatoms. The Hall–Kier alpha value is -1.67. The van der Waals surface area contributed by atoms with Crippen molar-refractivity contribution in [2.75, 3.05) is 18.0 Å². The van der Waals surface area contributed by atoms with Crippen molar-refractivity contribution in [2.45, 2.75) is 17.7 Å². The molecule has 0 radical (unpaired) electrons. The van der Waals surface area contributed by atoms with Gasteiger partial charge in [0.15, 0.2) is 5.75 Å². The number of anilines is 1. The normalized spacial score (nSPS) is 14.6. The Morgan fingerprint density at radius 1 is 1.16 bits per heavy atom. The second-order valence-corrected chi connectivity index (χ2v) is 8.29. The number of benzene rings is 2. The fraction of sp³-hybridized carbons (Fsp3) is 0.235. The first-order valence-electron chi connectivity index (χ1n) is 7.75. The molecule has 5 nitrogen and oxygen atoms in total. The number of rotatable bonds is 5. The molecule has 1 fully saturated rings. The summed E-state index contributed by atoms with van der Waals surface area (Å²) < 4.78 is 30.4. The number of nitrogens with zero attached hydrogens (tertiary/aromatic N) is 1. The first-order valence-corrected chi connectivity index (χ1v) is 10.1. The first-order chi connectivity index (χ1) is 11.9. The average molecular weight is 397 g/mol. The molecule has 0 amide bonds. The standard InChI is InChI=1S/C17H17ClN2O3S2/c18-17(24)12-10-14(20-8-4-5-9-20)16(15(11-12)25(19,21)22)23-13-6-2-1-3-7-13/h1-3,6-7,10-11H,4-5,8-9H2,(H2,19,21,22). The summed E-state index contributed by atoms with van der Waals surface area (Å²) >= 11 is 11.0. The van der Waals surface area contributed by atoms with Crippen LogP contribution in [0.1, 0.15) is 18.4 Å². The van der Waals surface area contributed by atoms with Crippen LogP contribution in [0.15, 0.2) is 47.4 Å². The molecule has 2 aromatic carbocycles. The molecule has 3 rings (SSSR count). The highest BCUT2D eigenvalue weighted by Gasteiger charge is 2.26. The van der Waals surface area contributed by atoms with E-state index < -0.39 is 10.0 Å². The van der Waals surface area contributed by atoms with Crippen molar-refractivity contribution in [1.29, 1.82) is 0 Å². The van der Waals surface area contributed by atoms with Crippen LogP contribution >= 0.6 is 23.8 Å². The number of ether oxygens (including phenoxy) is 1. The van der Waals surface area contributed by atoms with Gasteiger partial charge in [-0.05, 0) is 37.1 Å². The molecule has 0 unspecified atom stereocenters. The number of hydrogen-bond acceptors (Lipinski definition) is 5. The Labute approximate surface area is 157 Å². The fourth-order valence-electron chi connectivity index (χ4n) is 2.81. The third-order valence-electron chi connectivity index (χ3n) is 3.98. The minimum absolute atomic E-state index is 0.0802. The van der Waals surface area contributed by atoms with Gasteiger partial charge in [-0.3, -0.25) is 0 Å². The maximum Gasteiger partial charge on any atom is 0.241 e. The molecule has 0 spiro atoms. The van der Waals surface area contributed by atoms with Gasteiger partial charge in [0, 0.05) is 18.7 Å². The van der Waals surface area contributed by atoms with E-state index in [9.17, 15) is 8.42 Å². The maximum absolute atomic E-state index is 12.2. The molecule has 0 atom stereocenters. The van der Waals surface area contributed by atoms with E-state index in [2.05, 4.69) is 4.90 Å². The van der Waals surface area contributed by atoms with Gasteiger partial charge >= 0.3 is 0 Å². The number of nitrogens with two attached hydrogens (primary N) is 1. The lowest BCUT2D eigenvalue weighted by Gasteiger charge is -2.24. The van der Waals surface area contributed by atoms with Crippen LogP contribution in [-0.2, 0) is 10.0 Å². The molecule has 132 valence electrons. The zero-order valence-electron chi connectivity index (χ0n) is 13.3. The smallest absolute Gasteiger partial charge is 0.241 e. The molecule has 0 aromatic heterocycles. The monoisotopic (exact) mass is 396 g/mol. The van der Waals surface area contributed by atoms with E-state index in [-0.39, 0.29) is 15.0 Å². The second-order valence-electron chi connectivity index (χ2n) is 5.75. The van der Waals surface area contributed by atoms with Gasteiger partial charge in [0.25, 0.3) is 0 Å². The number of para-hydroxylation sites is 1. The highest BCUT2D eigenvalue weighted by Crippen LogP contribution is 2.40. The van der Waals surface area contributed by atoms with Crippen molar-refractivity contribution in [3.63, 3.8) is 0 Å². The summed E-state index contributed by atoms with van der Waals surface area (Å²) in [5.74, 6) is 0.723. The van der Waals surface area contributed by atoms with Gasteiger partial charge < -0.3 is 9.64 Å². The Balaban J connectivity index is 2.22. The molecule has 0 aliphatic carbocycles. The van der Waals surface area contributed by atoms with Gasteiger partial charge in [0.1, 0.15) is 15.0 Å². The predicted molar refractivity (Wildman–Crippen MR) is 103 cm³/mol. The minimum atomic E-state index is -4.03. The molecule has 25 heavy (non-hydrogen) atoms. The van der Waals surface area contributed by atoms with Crippen LogP contribution < -0.4 is 14.8 Å². The van der Waals surface area contributed by atoms with E-state index in [0.717, 1.165) is 25.9 Å². The molecule has 1 heterocycles. The lowest BCUT2D eigenvalue weighted by Crippen LogP contribution is -2.21. The van der Waals surface area contributed by atoms with Crippen molar-refractivity contribution in [1.82, 2.24) is 0 Å². The molecule has 0 saturated carbocycles. The zero-order chi connectivity index (χ0) is 18.0. The van der Waals surface area contributed by atoms with E-state index >= 15 is 0 Å². The topological polar surface area (TPSA) is 72.6 Å². The first kappa shape index (κ1) is 18.1. The van der Waals surface area contributed by atoms with E-state index in [1.807, 2.05) is 18.2 Å². The van der Waals surface area contributed by atoms with Crippen molar-refractivity contribution in [2.24, 2.45) is 5.14 Å². The van der Waals surface area contributed by atoms with E-state index in [0.29, 0.717) is 17.0 Å². The summed E-state index contributed by atoms with van der Waals surface area (Å²) in [6.07, 6.45) is 2.04. The van der Waals surface area contributed by atoms with Crippen molar-refractivity contribution >= 4 is 43.9 Å². The number of thiocarbonyl (C=S) groups is 1. The number of sulfonamides is 1. The van der Waals surface area contributed by atoms with Crippen LogP contribution in [0.5, 0.6) is 11.5 Å². The summed E-state index contributed by atoms with van der Waals surface area (Å²) in [6.45, 7) is 1.60. The molecule has 1 saturated heterocycles. The van der Waals surface area contributed by atoms with E-state index in [4.69, 9.17) is 33.7 Å². The van der Waals surface area contributed by atoms with Crippen molar-refractivity contribution < 1.29 is 13.2 Å². The van der Waals surface area contributed by atoms with Crippen molar-refractivity contribution in [3.05, 3.63) is 48.0 Å². The molecule has 2 N–H and O–H groups in total. The Bertz CT molecular complexity index is 896. The van der Waals surface area contributed by atoms with Gasteiger partial charge in [-0.25, -0.2) is 13.6 Å². The summed E-state index contributed by atoms with van der Waals surface area (Å²) in [5.41, 5.74) is 1.06. The highest BCUT2D eigenvalue weighted by atomic mass is 35.5. The molecule has 1 aliphatic rings. The van der Waals surface area contributed by atoms with Gasteiger partial charge in [-0.15, -0.1) is 0 Å². The lowest BCUT2D eigenvalue weighted by atomic mass is 10.2. The summed E-state index contributed by atoms with van der Waals surface area (Å²) in [5, 5.41) is 5.44. The van der Waals surface area contributed by atoms with Crippen molar-refractivity contribution in [3.8, 4) is 11.5 Å². The second kappa shape index (κ2) is 7.29. The highest BCUT2D eigenvalue weighted by molar-refractivity contribution is 7.89. The Morgan fingerprint density at radius 2 is 1.80 bits per heavy atom. The van der Waals surface area contributed by atoms with Crippen LogP contribution in [0.2, 0.25) is 0 Å². The predicted octanol–water partition coefficient (Wildman–Crippen LogP) is 3.64. The maximum atomic E-state index is 12.2. The quantitative estimate of drug-likeness (QED) is 0.617. The third-order valence-corrected chi connectivity index (χ3v) is 5.35. The van der Waals surface area contributed by atoms with Gasteiger partial charge in [-0.1, -0.05) is 42.0 Å². The number of halogens is 1. The van der Waals surface area contributed by atoms with E-state index in [1.165, 1.54) is 6.07 Å². The van der Waals surface area contributed by atoms with Crippen LogP contribution in [-0.4, -0.2) is 25.8 Å². The van der Waals surface area contributed by atoms with Crippen LogP contribution in [0.3, 0.4) is 0 Å². The largest absolute Gasteiger partial charge is 0.454 e. The molecular weight excluding hydrogens is 380 g/mol. The Kier molecular flexibility index (Phi) is 5.29. The van der Waals surface area contributed by atoms with E-state index in [1.54, 1.807) is 18.2 Å². The van der Waals surface area contributed by atoms with Gasteiger partial charge in [0.2, 0.25) is 10.0 Å². The third kappa shape index (κ3) is 4.12. The molecule has 0 bridgehead atoms. The summed E-state index contributed by atoms with van der Waals surface area (Å²) in [4.78, 5) is 1.93. The van der Waals surface area contributed by atoms with Gasteiger partial charge in [0.05, 0.1) is 5.69 Å². The van der Waals surface area contributed by atoms with Gasteiger partial charge in [-0.2, -0.15) is 0 Å². The Morgan fingerprint density at radius 3 is 2.36 bits per heavy atom. The lowest BCUT2D eigenvalue weighted by molar-refractivity contribution is 0.467. The van der Waals surface area contributed by atoms with Crippen LogP contribution in [0.4, 0.5) is 5.69 Å².